The topological polar surface area (TPSA) is 36.3 Å². The Morgan fingerprint density at radius 2 is 1.69 bits per heavy atom. The zero-order valence-electron chi connectivity index (χ0n) is 16.1. The largest absolute Gasteiger partial charge is 0.493 e. The molecule has 29 heavy (non-hydrogen) atoms. The number of fused-ring (bicyclic) bond motifs is 3. The van der Waals surface area contributed by atoms with Crippen LogP contribution in [-0.2, 0) is 6.54 Å². The van der Waals surface area contributed by atoms with Crippen molar-refractivity contribution in [1.29, 1.82) is 5.26 Å². The van der Waals surface area contributed by atoms with E-state index in [0.29, 0.717) is 11.8 Å². The fraction of sp³-hybridized carbons (Fsp3) is 0.240. The van der Waals surface area contributed by atoms with E-state index in [0.717, 1.165) is 37.6 Å². The Balaban J connectivity index is 0.00000205. The van der Waals surface area contributed by atoms with Gasteiger partial charge < -0.3 is 4.74 Å². The van der Waals surface area contributed by atoms with Crippen molar-refractivity contribution in [1.82, 2.24) is 4.90 Å². The summed E-state index contributed by atoms with van der Waals surface area (Å²) in [6.07, 6.45) is 0. The molecular formula is C25H23ClN2O. The highest BCUT2D eigenvalue weighted by Gasteiger charge is 2.38. The lowest BCUT2D eigenvalue weighted by atomic mass is 9.86. The third-order valence-electron chi connectivity index (χ3n) is 5.98. The highest BCUT2D eigenvalue weighted by molar-refractivity contribution is 5.85. The molecule has 1 saturated heterocycles. The second kappa shape index (κ2) is 8.29. The molecule has 0 aliphatic carbocycles. The van der Waals surface area contributed by atoms with E-state index in [1.54, 1.807) is 0 Å². The van der Waals surface area contributed by atoms with E-state index in [2.05, 4.69) is 59.5 Å². The van der Waals surface area contributed by atoms with Crippen molar-refractivity contribution in [3.05, 3.63) is 89.5 Å². The number of hydrogen-bond acceptors (Lipinski definition) is 3. The van der Waals surface area contributed by atoms with Crippen LogP contribution in [-0.4, -0.2) is 24.6 Å². The van der Waals surface area contributed by atoms with E-state index in [1.165, 1.54) is 22.3 Å². The predicted octanol–water partition coefficient (Wildman–Crippen LogP) is 5.26. The molecule has 0 saturated carbocycles. The molecule has 2 unspecified atom stereocenters. The van der Waals surface area contributed by atoms with E-state index in [4.69, 9.17) is 4.74 Å². The lowest BCUT2D eigenvalue weighted by molar-refractivity contribution is 0.212. The highest BCUT2D eigenvalue weighted by atomic mass is 35.5. The van der Waals surface area contributed by atoms with Crippen LogP contribution in [0, 0.1) is 17.2 Å². The summed E-state index contributed by atoms with van der Waals surface area (Å²) in [5.74, 6) is 1.92. The zero-order valence-corrected chi connectivity index (χ0v) is 16.9. The Morgan fingerprint density at radius 1 is 0.931 bits per heavy atom. The number of rotatable bonds is 3. The number of ether oxygens (including phenoxy) is 1. The Morgan fingerprint density at radius 3 is 2.45 bits per heavy atom. The maximum Gasteiger partial charge on any atom is 0.122 e. The summed E-state index contributed by atoms with van der Waals surface area (Å²) in [7, 11) is 0. The van der Waals surface area contributed by atoms with Gasteiger partial charge in [0.2, 0.25) is 0 Å². The maximum absolute atomic E-state index is 9.23. The molecule has 3 aromatic carbocycles. The molecule has 0 N–H and O–H groups in total. The van der Waals surface area contributed by atoms with Crippen LogP contribution < -0.4 is 4.74 Å². The Bertz CT molecular complexity index is 1030. The molecule has 4 heteroatoms. The molecule has 0 amide bonds. The molecule has 0 spiro atoms. The molecule has 3 aromatic rings. The first-order chi connectivity index (χ1) is 13.8. The van der Waals surface area contributed by atoms with Gasteiger partial charge in [-0.1, -0.05) is 54.6 Å². The molecule has 5 rings (SSSR count). The molecule has 3 nitrogen and oxygen atoms in total. The molecule has 2 heterocycles. The van der Waals surface area contributed by atoms with Gasteiger partial charge in [0.15, 0.2) is 0 Å². The summed E-state index contributed by atoms with van der Waals surface area (Å²) < 4.78 is 5.96. The van der Waals surface area contributed by atoms with Crippen LogP contribution in [0.15, 0.2) is 72.8 Å². The zero-order chi connectivity index (χ0) is 18.9. The molecule has 0 bridgehead atoms. The fourth-order valence-electron chi connectivity index (χ4n) is 4.54. The van der Waals surface area contributed by atoms with E-state index in [1.807, 2.05) is 24.3 Å². The minimum Gasteiger partial charge on any atom is -0.493 e. The Labute approximate surface area is 178 Å². The third kappa shape index (κ3) is 3.87. The van der Waals surface area contributed by atoms with Gasteiger partial charge in [0.25, 0.3) is 0 Å². The first kappa shape index (κ1) is 19.5. The van der Waals surface area contributed by atoms with Crippen molar-refractivity contribution in [2.24, 2.45) is 5.92 Å². The summed E-state index contributed by atoms with van der Waals surface area (Å²) in [6.45, 7) is 3.79. The van der Waals surface area contributed by atoms with Gasteiger partial charge in [0.1, 0.15) is 5.75 Å². The predicted molar refractivity (Wildman–Crippen MR) is 117 cm³/mol. The fourth-order valence-corrected chi connectivity index (χ4v) is 4.54. The summed E-state index contributed by atoms with van der Waals surface area (Å²) in [5.41, 5.74) is 5.77. The van der Waals surface area contributed by atoms with E-state index >= 15 is 0 Å². The van der Waals surface area contributed by atoms with Gasteiger partial charge in [0.05, 0.1) is 18.2 Å². The van der Waals surface area contributed by atoms with E-state index < -0.39 is 0 Å². The molecule has 146 valence electrons. The van der Waals surface area contributed by atoms with Gasteiger partial charge in [-0.05, 0) is 34.9 Å². The van der Waals surface area contributed by atoms with Crippen LogP contribution in [0.4, 0.5) is 0 Å². The first-order valence-electron chi connectivity index (χ1n) is 9.84. The standard InChI is InChI=1S/C25H22N2O.ClH/c26-13-19-8-11-25-23(12-19)24-16-27(15-22(24)17-28-25)14-18-6-9-21(10-7-18)20-4-2-1-3-5-20;/h1-12,22,24H,14-17H2;1H. The van der Waals surface area contributed by atoms with Crippen LogP contribution in [0.25, 0.3) is 11.1 Å². The minimum absolute atomic E-state index is 0. The van der Waals surface area contributed by atoms with Crippen molar-refractivity contribution < 1.29 is 4.74 Å². The van der Waals surface area contributed by atoms with Gasteiger partial charge >= 0.3 is 0 Å². The first-order valence-corrected chi connectivity index (χ1v) is 9.84. The van der Waals surface area contributed by atoms with Crippen molar-refractivity contribution >= 4 is 12.4 Å². The summed E-state index contributed by atoms with van der Waals surface area (Å²) >= 11 is 0. The number of likely N-dealkylation sites (tertiary alicyclic amines) is 1. The van der Waals surface area contributed by atoms with Gasteiger partial charge in [-0.3, -0.25) is 4.90 Å². The SMILES string of the molecule is Cl.N#Cc1ccc2c(c1)C1CN(Cc3ccc(-c4ccccc4)cc3)CC1CO2. The second-order valence-corrected chi connectivity index (χ2v) is 7.80. The van der Waals surface area contributed by atoms with Crippen LogP contribution >= 0.6 is 12.4 Å². The van der Waals surface area contributed by atoms with Crippen LogP contribution in [0.2, 0.25) is 0 Å². The normalized spacial score (nSPS) is 20.0. The van der Waals surface area contributed by atoms with E-state index in [9.17, 15) is 5.26 Å². The highest BCUT2D eigenvalue weighted by Crippen LogP contribution is 2.42. The number of nitrogens with zero attached hydrogens (tertiary/aromatic N) is 2. The lowest BCUT2D eigenvalue weighted by Gasteiger charge is -2.27. The number of hydrogen-bond donors (Lipinski definition) is 0. The number of benzene rings is 3. The number of nitriles is 1. The van der Waals surface area contributed by atoms with Crippen LogP contribution in [0.1, 0.15) is 22.6 Å². The van der Waals surface area contributed by atoms with Gasteiger partial charge in [-0.2, -0.15) is 5.26 Å². The average molecular weight is 403 g/mol. The Hall–Kier alpha value is -2.80. The van der Waals surface area contributed by atoms with Crippen LogP contribution in [0.5, 0.6) is 5.75 Å². The van der Waals surface area contributed by atoms with Gasteiger partial charge in [0, 0.05) is 37.0 Å². The molecule has 2 aliphatic rings. The van der Waals surface area contributed by atoms with Crippen molar-refractivity contribution in [3.8, 4) is 22.9 Å². The maximum atomic E-state index is 9.23. The molecule has 0 aromatic heterocycles. The van der Waals surface area contributed by atoms with Crippen molar-refractivity contribution in [2.45, 2.75) is 12.5 Å². The molecule has 0 radical (unpaired) electrons. The second-order valence-electron chi connectivity index (χ2n) is 7.80. The molecule has 2 aliphatic heterocycles. The third-order valence-corrected chi connectivity index (χ3v) is 5.98. The molecular weight excluding hydrogens is 380 g/mol. The van der Waals surface area contributed by atoms with Crippen LogP contribution in [0.3, 0.4) is 0 Å². The minimum atomic E-state index is 0. The summed E-state index contributed by atoms with van der Waals surface area (Å²) in [4.78, 5) is 2.52. The average Bonchev–Trinajstić information content (AvgIpc) is 3.17. The smallest absolute Gasteiger partial charge is 0.122 e. The monoisotopic (exact) mass is 402 g/mol. The van der Waals surface area contributed by atoms with Gasteiger partial charge in [-0.15, -0.1) is 12.4 Å². The summed E-state index contributed by atoms with van der Waals surface area (Å²) in [5, 5.41) is 9.23. The summed E-state index contributed by atoms with van der Waals surface area (Å²) in [6, 6.07) is 27.5. The molecule has 1 fully saturated rings. The van der Waals surface area contributed by atoms with E-state index in [-0.39, 0.29) is 12.4 Å². The Kier molecular flexibility index (Phi) is 5.58. The van der Waals surface area contributed by atoms with Crippen molar-refractivity contribution in [2.75, 3.05) is 19.7 Å². The number of halogens is 1. The molecule has 2 atom stereocenters. The lowest BCUT2D eigenvalue weighted by Crippen LogP contribution is -2.25. The van der Waals surface area contributed by atoms with Crippen molar-refractivity contribution in [3.63, 3.8) is 0 Å². The van der Waals surface area contributed by atoms with Gasteiger partial charge in [-0.25, -0.2) is 0 Å². The quantitative estimate of drug-likeness (QED) is 0.599.